The zero-order valence-electron chi connectivity index (χ0n) is 10.9. The highest BCUT2D eigenvalue weighted by molar-refractivity contribution is 9.10. The number of phenolic OH excluding ortho intramolecular Hbond substituents is 1. The van der Waals surface area contributed by atoms with Crippen molar-refractivity contribution in [2.24, 2.45) is 0 Å². The molecule has 0 fully saturated rings. The second kappa shape index (κ2) is 5.54. The van der Waals surface area contributed by atoms with Crippen molar-refractivity contribution < 1.29 is 19.4 Å². The largest absolute Gasteiger partial charge is 0.508 e. The number of carbonyl (C=O) groups excluding carboxylic acids is 2. The Balaban J connectivity index is 2.56. The van der Waals surface area contributed by atoms with Crippen molar-refractivity contribution in [2.75, 3.05) is 7.11 Å². The Kier molecular flexibility index (Phi) is 3.99. The zero-order valence-corrected chi connectivity index (χ0v) is 12.4. The average Bonchev–Trinajstić information content (AvgIpc) is 2.40. The maximum Gasteiger partial charge on any atom is 0.337 e. The first-order chi connectivity index (χ1) is 9.43. The number of ether oxygens (including phenoxy) is 1. The van der Waals surface area contributed by atoms with Gasteiger partial charge in [-0.25, -0.2) is 9.59 Å². The number of allylic oxidation sites excluding steroid dienone is 1. The van der Waals surface area contributed by atoms with Gasteiger partial charge >= 0.3 is 12.0 Å². The van der Waals surface area contributed by atoms with E-state index in [1.54, 1.807) is 19.1 Å². The normalized spacial score (nSPS) is 18.4. The molecule has 1 heterocycles. The van der Waals surface area contributed by atoms with Crippen molar-refractivity contribution in [1.82, 2.24) is 10.6 Å². The molecule has 2 rings (SSSR count). The summed E-state index contributed by atoms with van der Waals surface area (Å²) < 4.78 is 5.46. The minimum Gasteiger partial charge on any atom is -0.508 e. The maximum absolute atomic E-state index is 11.9. The lowest BCUT2D eigenvalue weighted by Gasteiger charge is -2.28. The van der Waals surface area contributed by atoms with E-state index in [9.17, 15) is 14.7 Å². The standard InChI is InChI=1S/C13H13BrN2O4/c1-6-10(12(18)20-2)11(16-13(19)15-6)8-5-7(14)3-4-9(8)17/h3-5,11,17H,1-2H3,(H2,15,16,19)/t11-/m0/s1. The Morgan fingerprint density at radius 2 is 2.15 bits per heavy atom. The molecule has 1 aromatic carbocycles. The van der Waals surface area contributed by atoms with E-state index in [2.05, 4.69) is 26.6 Å². The van der Waals surface area contributed by atoms with Gasteiger partial charge in [0.05, 0.1) is 18.7 Å². The summed E-state index contributed by atoms with van der Waals surface area (Å²) in [6.07, 6.45) is 0. The van der Waals surface area contributed by atoms with Crippen molar-refractivity contribution in [3.63, 3.8) is 0 Å². The summed E-state index contributed by atoms with van der Waals surface area (Å²) in [7, 11) is 1.26. The molecule has 0 saturated carbocycles. The Bertz CT molecular complexity index is 612. The Labute approximate surface area is 123 Å². The van der Waals surface area contributed by atoms with E-state index in [0.29, 0.717) is 11.3 Å². The molecule has 1 atom stereocenters. The molecule has 2 amide bonds. The monoisotopic (exact) mass is 340 g/mol. The fourth-order valence-electron chi connectivity index (χ4n) is 2.06. The highest BCUT2D eigenvalue weighted by Gasteiger charge is 2.33. The van der Waals surface area contributed by atoms with Gasteiger partial charge in [-0.15, -0.1) is 0 Å². The fraction of sp³-hybridized carbons (Fsp3) is 0.231. The van der Waals surface area contributed by atoms with Crippen LogP contribution in [0.3, 0.4) is 0 Å². The Morgan fingerprint density at radius 3 is 2.80 bits per heavy atom. The van der Waals surface area contributed by atoms with E-state index in [4.69, 9.17) is 4.74 Å². The van der Waals surface area contributed by atoms with Crippen LogP contribution < -0.4 is 10.6 Å². The number of nitrogens with one attached hydrogen (secondary N) is 2. The van der Waals surface area contributed by atoms with E-state index < -0.39 is 18.0 Å². The van der Waals surface area contributed by atoms with Crippen molar-refractivity contribution in [3.05, 3.63) is 39.5 Å². The summed E-state index contributed by atoms with van der Waals surface area (Å²) in [5.74, 6) is -0.589. The summed E-state index contributed by atoms with van der Waals surface area (Å²) in [4.78, 5) is 23.5. The molecule has 3 N–H and O–H groups in total. The molecule has 1 aliphatic heterocycles. The van der Waals surface area contributed by atoms with Gasteiger partial charge < -0.3 is 20.5 Å². The highest BCUT2D eigenvalue weighted by atomic mass is 79.9. The Hall–Kier alpha value is -2.02. The molecule has 6 nitrogen and oxygen atoms in total. The maximum atomic E-state index is 11.9. The molecule has 0 radical (unpaired) electrons. The van der Waals surface area contributed by atoms with E-state index in [1.165, 1.54) is 13.2 Å². The van der Waals surface area contributed by atoms with E-state index in [1.807, 2.05) is 0 Å². The number of urea groups is 1. The summed E-state index contributed by atoms with van der Waals surface area (Å²) in [5.41, 5.74) is 1.06. The van der Waals surface area contributed by atoms with Crippen LogP contribution in [0.1, 0.15) is 18.5 Å². The van der Waals surface area contributed by atoms with Crippen LogP contribution in [0.5, 0.6) is 5.75 Å². The smallest absolute Gasteiger partial charge is 0.337 e. The molecule has 1 aliphatic rings. The topological polar surface area (TPSA) is 87.7 Å². The van der Waals surface area contributed by atoms with Gasteiger partial charge in [0.2, 0.25) is 0 Å². The number of methoxy groups -OCH3 is 1. The minimum atomic E-state index is -0.770. The number of amides is 2. The molecule has 0 aromatic heterocycles. The number of rotatable bonds is 2. The SMILES string of the molecule is COC(=O)C1=C(C)NC(=O)N[C@H]1c1cc(Br)ccc1O. The lowest BCUT2D eigenvalue weighted by molar-refractivity contribution is -0.136. The molecular weight excluding hydrogens is 328 g/mol. The fourth-order valence-corrected chi connectivity index (χ4v) is 2.44. The predicted octanol–water partition coefficient (Wildman–Crippen LogP) is 1.96. The van der Waals surface area contributed by atoms with Crippen LogP contribution in [0.4, 0.5) is 4.79 Å². The van der Waals surface area contributed by atoms with Gasteiger partial charge in [0.25, 0.3) is 0 Å². The first-order valence-corrected chi connectivity index (χ1v) is 6.58. The number of esters is 1. The second-order valence-electron chi connectivity index (χ2n) is 4.26. The third kappa shape index (κ3) is 2.62. The number of benzene rings is 1. The van der Waals surface area contributed by atoms with Crippen LogP contribution in [0, 0.1) is 0 Å². The Morgan fingerprint density at radius 1 is 1.45 bits per heavy atom. The third-order valence-electron chi connectivity index (χ3n) is 2.98. The van der Waals surface area contributed by atoms with Gasteiger partial charge in [-0.2, -0.15) is 0 Å². The van der Waals surface area contributed by atoms with Gasteiger partial charge in [-0.3, -0.25) is 0 Å². The molecule has 20 heavy (non-hydrogen) atoms. The molecule has 0 spiro atoms. The first-order valence-electron chi connectivity index (χ1n) is 5.79. The third-order valence-corrected chi connectivity index (χ3v) is 3.47. The number of hydrogen-bond donors (Lipinski definition) is 3. The minimum absolute atomic E-state index is 0.0189. The van der Waals surface area contributed by atoms with Gasteiger partial charge in [-0.05, 0) is 25.1 Å². The van der Waals surface area contributed by atoms with Crippen molar-refractivity contribution in [1.29, 1.82) is 0 Å². The van der Waals surface area contributed by atoms with Crippen LogP contribution >= 0.6 is 15.9 Å². The van der Waals surface area contributed by atoms with E-state index in [0.717, 1.165) is 4.47 Å². The summed E-state index contributed by atoms with van der Waals surface area (Å²) in [5, 5.41) is 15.1. The summed E-state index contributed by atoms with van der Waals surface area (Å²) >= 11 is 3.30. The number of halogens is 1. The van der Waals surface area contributed by atoms with Gasteiger partial charge in [0.15, 0.2) is 0 Å². The molecule has 0 saturated heterocycles. The van der Waals surface area contributed by atoms with E-state index >= 15 is 0 Å². The summed E-state index contributed by atoms with van der Waals surface area (Å²) in [6, 6.07) is 3.57. The molecule has 0 aliphatic carbocycles. The van der Waals surface area contributed by atoms with Crippen LogP contribution in [0.25, 0.3) is 0 Å². The lowest BCUT2D eigenvalue weighted by Crippen LogP contribution is -2.45. The van der Waals surface area contributed by atoms with Crippen LogP contribution in [0.15, 0.2) is 33.9 Å². The van der Waals surface area contributed by atoms with Crippen molar-refractivity contribution in [3.8, 4) is 5.75 Å². The summed E-state index contributed by atoms with van der Waals surface area (Å²) in [6.45, 7) is 1.60. The second-order valence-corrected chi connectivity index (χ2v) is 5.18. The molecule has 106 valence electrons. The van der Waals surface area contributed by atoms with Crippen LogP contribution in [-0.2, 0) is 9.53 Å². The van der Waals surface area contributed by atoms with Crippen LogP contribution in [-0.4, -0.2) is 24.2 Å². The van der Waals surface area contributed by atoms with Gasteiger partial charge in [0.1, 0.15) is 5.75 Å². The first kappa shape index (κ1) is 14.4. The molecular formula is C13H13BrN2O4. The highest BCUT2D eigenvalue weighted by Crippen LogP contribution is 2.34. The molecule has 7 heteroatoms. The quantitative estimate of drug-likeness (QED) is 0.718. The molecule has 0 bridgehead atoms. The van der Waals surface area contributed by atoms with Crippen molar-refractivity contribution in [2.45, 2.75) is 13.0 Å². The van der Waals surface area contributed by atoms with Gasteiger partial charge in [-0.1, -0.05) is 15.9 Å². The number of hydrogen-bond acceptors (Lipinski definition) is 4. The van der Waals surface area contributed by atoms with Crippen LogP contribution in [0.2, 0.25) is 0 Å². The predicted molar refractivity (Wildman–Crippen MR) is 74.9 cm³/mol. The number of carbonyl (C=O) groups is 2. The molecule has 0 unspecified atom stereocenters. The van der Waals surface area contributed by atoms with Crippen molar-refractivity contribution >= 4 is 27.9 Å². The number of phenols is 1. The van der Waals surface area contributed by atoms with Gasteiger partial charge in [0, 0.05) is 15.7 Å². The lowest BCUT2D eigenvalue weighted by atomic mass is 9.95. The number of aromatic hydroxyl groups is 1. The van der Waals surface area contributed by atoms with E-state index in [-0.39, 0.29) is 11.3 Å². The zero-order chi connectivity index (χ0) is 14.9. The average molecular weight is 341 g/mol. The molecule has 1 aromatic rings.